The Morgan fingerprint density at radius 1 is 1.31 bits per heavy atom. The molecule has 0 radical (unpaired) electrons. The molecule has 0 aliphatic rings. The summed E-state index contributed by atoms with van der Waals surface area (Å²) in [6.45, 7) is 12.5. The number of nitrogens with one attached hydrogen (secondary N) is 1. The Balaban J connectivity index is 4.91. The molecule has 0 aromatic heterocycles. The fourth-order valence-corrected chi connectivity index (χ4v) is 1.31. The first-order chi connectivity index (χ1) is 7.11. The molecule has 0 rings (SSSR count). The number of halogens is 1. The van der Waals surface area contributed by atoms with Crippen LogP contribution in [0.2, 0.25) is 0 Å². The van der Waals surface area contributed by atoms with E-state index in [1.54, 1.807) is 0 Å². The molecule has 0 aromatic carbocycles. The van der Waals surface area contributed by atoms with E-state index in [0.717, 1.165) is 10.3 Å². The van der Waals surface area contributed by atoms with Crippen LogP contribution in [0.3, 0.4) is 0 Å². The Morgan fingerprint density at radius 3 is 2.12 bits per heavy atom. The summed E-state index contributed by atoms with van der Waals surface area (Å²) >= 11 is 7.88. The van der Waals surface area contributed by atoms with Gasteiger partial charge in [0.05, 0.1) is 0 Å². The van der Waals surface area contributed by atoms with Gasteiger partial charge in [0.1, 0.15) is 5.84 Å². The number of amidine groups is 1. The summed E-state index contributed by atoms with van der Waals surface area (Å²) in [5.41, 5.74) is 0.0112. The van der Waals surface area contributed by atoms with Gasteiger partial charge in [-0.05, 0) is 47.6 Å². The summed E-state index contributed by atoms with van der Waals surface area (Å²) in [6, 6.07) is 0.275. The van der Waals surface area contributed by atoms with Crippen molar-refractivity contribution in [2.45, 2.75) is 58.4 Å². The van der Waals surface area contributed by atoms with Crippen LogP contribution in [0.15, 0.2) is 15.6 Å². The second-order valence-corrected chi connectivity index (χ2v) is 6.88. The van der Waals surface area contributed by atoms with Gasteiger partial charge in [-0.1, -0.05) is 15.9 Å². The van der Waals surface area contributed by atoms with Crippen LogP contribution < -0.4 is 5.32 Å². The van der Waals surface area contributed by atoms with Crippen LogP contribution in [0.5, 0.6) is 0 Å². The second kappa shape index (κ2) is 6.70. The van der Waals surface area contributed by atoms with E-state index >= 15 is 0 Å². The molecule has 94 valence electrons. The maximum absolute atomic E-state index is 4.55. The highest BCUT2D eigenvalue weighted by molar-refractivity contribution is 9.11. The summed E-state index contributed by atoms with van der Waals surface area (Å²) < 4.78 is 1.03. The van der Waals surface area contributed by atoms with Gasteiger partial charge in [0.25, 0.3) is 0 Å². The first-order valence-corrected chi connectivity index (χ1v) is 6.84. The highest BCUT2D eigenvalue weighted by Crippen LogP contribution is 2.16. The van der Waals surface area contributed by atoms with Crippen LogP contribution in [0.25, 0.3) is 0 Å². The average molecular weight is 307 g/mol. The topological polar surface area (TPSA) is 24.4 Å². The van der Waals surface area contributed by atoms with Gasteiger partial charge in [-0.3, -0.25) is 4.99 Å². The third-order valence-corrected chi connectivity index (χ3v) is 3.12. The number of hydrogen-bond acceptors (Lipinski definition) is 2. The second-order valence-electron chi connectivity index (χ2n) is 5.19. The van der Waals surface area contributed by atoms with Crippen LogP contribution in [0, 0.1) is 0 Å². The maximum atomic E-state index is 4.55. The molecular formula is C12H23BrN2S. The number of aliphatic imine (C=N–C) groups is 1. The lowest BCUT2D eigenvalue weighted by molar-refractivity contribution is 0.510. The van der Waals surface area contributed by atoms with E-state index in [9.17, 15) is 0 Å². The molecule has 0 fully saturated rings. The first-order valence-electron chi connectivity index (χ1n) is 5.53. The van der Waals surface area contributed by atoms with Gasteiger partial charge in [-0.25, -0.2) is 0 Å². The Morgan fingerprint density at radius 2 is 1.81 bits per heavy atom. The summed E-state index contributed by atoms with van der Waals surface area (Å²) in [4.78, 5) is 4.55. The molecular weight excluding hydrogens is 284 g/mol. The molecule has 0 aromatic rings. The highest BCUT2D eigenvalue weighted by atomic mass is 79.9. The van der Waals surface area contributed by atoms with Crippen LogP contribution in [-0.4, -0.2) is 22.7 Å². The van der Waals surface area contributed by atoms with Crippen molar-refractivity contribution >= 4 is 34.4 Å². The largest absolute Gasteiger partial charge is 0.366 e. The third-order valence-electron chi connectivity index (χ3n) is 1.57. The Labute approximate surface area is 114 Å². The highest BCUT2D eigenvalue weighted by Gasteiger charge is 2.12. The maximum Gasteiger partial charge on any atom is 0.122 e. The molecule has 1 N–H and O–H groups in total. The van der Waals surface area contributed by atoms with Gasteiger partial charge >= 0.3 is 0 Å². The lowest BCUT2D eigenvalue weighted by Gasteiger charge is -2.23. The average Bonchev–Trinajstić information content (AvgIpc) is 1.98. The zero-order valence-electron chi connectivity index (χ0n) is 11.0. The van der Waals surface area contributed by atoms with Crippen molar-refractivity contribution in [2.75, 3.05) is 0 Å². The Hall–Kier alpha value is 0.0400. The van der Waals surface area contributed by atoms with Crippen molar-refractivity contribution in [2.24, 2.45) is 4.99 Å². The lowest BCUT2D eigenvalue weighted by Crippen LogP contribution is -2.40. The molecule has 1 atom stereocenters. The molecule has 0 saturated heterocycles. The zero-order chi connectivity index (χ0) is 12.9. The summed E-state index contributed by atoms with van der Waals surface area (Å²) in [5.74, 6) is 0.898. The molecule has 0 spiro atoms. The zero-order valence-corrected chi connectivity index (χ0v) is 13.5. The van der Waals surface area contributed by atoms with Gasteiger partial charge in [0, 0.05) is 21.3 Å². The number of rotatable bonds is 3. The summed E-state index contributed by atoms with van der Waals surface area (Å²) in [6.07, 6.45) is 2.00. The van der Waals surface area contributed by atoms with Crippen molar-refractivity contribution < 1.29 is 0 Å². The van der Waals surface area contributed by atoms with Crippen molar-refractivity contribution in [3.05, 3.63) is 10.6 Å². The predicted octanol–water partition coefficient (Wildman–Crippen LogP) is 3.78. The van der Waals surface area contributed by atoms with Gasteiger partial charge in [-0.2, -0.15) is 12.6 Å². The molecule has 4 heteroatoms. The molecule has 1 unspecified atom stereocenters. The Kier molecular flexibility index (Phi) is 6.71. The van der Waals surface area contributed by atoms with Gasteiger partial charge in [-0.15, -0.1) is 0 Å². The van der Waals surface area contributed by atoms with Crippen LogP contribution >= 0.6 is 28.6 Å². The van der Waals surface area contributed by atoms with E-state index in [0.29, 0.717) is 0 Å². The fraction of sp³-hybridized carbons (Fsp3) is 0.750. The lowest BCUT2D eigenvalue weighted by atomic mass is 10.1. The van der Waals surface area contributed by atoms with E-state index in [-0.39, 0.29) is 16.8 Å². The predicted molar refractivity (Wildman–Crippen MR) is 80.9 cm³/mol. The normalized spacial score (nSPS) is 16.6. The quantitative estimate of drug-likeness (QED) is 0.463. The number of hydrogen-bond donors (Lipinski definition) is 2. The number of thiol groups is 1. The van der Waals surface area contributed by atoms with E-state index < -0.39 is 0 Å². The van der Waals surface area contributed by atoms with Gasteiger partial charge in [0.2, 0.25) is 0 Å². The standard InChI is InChI=1S/C12H23BrN2S/c1-8(2)14-11(15-12(4,5)6)7-10(13)9(3)16/h7-9,16H,1-6H3,(H,14,15)/b10-7+. The molecule has 0 saturated carbocycles. The van der Waals surface area contributed by atoms with Crippen molar-refractivity contribution in [3.8, 4) is 0 Å². The van der Waals surface area contributed by atoms with Crippen LogP contribution in [0.4, 0.5) is 0 Å². The molecule has 16 heavy (non-hydrogen) atoms. The van der Waals surface area contributed by atoms with Crippen molar-refractivity contribution in [1.82, 2.24) is 5.32 Å². The Bertz CT molecular complexity index is 275. The number of nitrogens with zero attached hydrogens (tertiary/aromatic N) is 1. The SMILES string of the molecule is CC(C)/N=C(\C=C(\Br)C(C)S)NC(C)(C)C. The smallest absolute Gasteiger partial charge is 0.122 e. The summed E-state index contributed by atoms with van der Waals surface area (Å²) in [5, 5.41) is 3.56. The van der Waals surface area contributed by atoms with E-state index in [2.05, 4.69) is 73.5 Å². The summed E-state index contributed by atoms with van der Waals surface area (Å²) in [7, 11) is 0. The van der Waals surface area contributed by atoms with Crippen LogP contribution in [-0.2, 0) is 0 Å². The molecule has 0 aliphatic carbocycles. The monoisotopic (exact) mass is 306 g/mol. The van der Waals surface area contributed by atoms with E-state index in [4.69, 9.17) is 0 Å². The van der Waals surface area contributed by atoms with E-state index in [1.807, 2.05) is 13.0 Å². The molecule has 0 bridgehead atoms. The van der Waals surface area contributed by atoms with Crippen molar-refractivity contribution in [1.29, 1.82) is 0 Å². The minimum Gasteiger partial charge on any atom is -0.366 e. The van der Waals surface area contributed by atoms with Crippen molar-refractivity contribution in [3.63, 3.8) is 0 Å². The fourth-order valence-electron chi connectivity index (χ4n) is 1.02. The third kappa shape index (κ3) is 8.22. The first kappa shape index (κ1) is 16.0. The molecule has 0 aliphatic heterocycles. The molecule has 2 nitrogen and oxygen atoms in total. The van der Waals surface area contributed by atoms with Gasteiger partial charge < -0.3 is 5.32 Å². The molecule has 0 heterocycles. The van der Waals surface area contributed by atoms with E-state index in [1.165, 1.54) is 0 Å². The molecule has 0 amide bonds. The minimum atomic E-state index is 0.0112. The van der Waals surface area contributed by atoms with Gasteiger partial charge in [0.15, 0.2) is 0 Å². The minimum absolute atomic E-state index is 0.0112. The van der Waals surface area contributed by atoms with Crippen LogP contribution in [0.1, 0.15) is 41.5 Å².